The molecule has 0 spiro atoms. The zero-order valence-electron chi connectivity index (χ0n) is 9.58. The summed E-state index contributed by atoms with van der Waals surface area (Å²) in [5.41, 5.74) is -0.0162. The van der Waals surface area contributed by atoms with Gasteiger partial charge in [0.15, 0.2) is 4.32 Å². The topological polar surface area (TPSA) is 75.8 Å². The number of nitro groups is 1. The number of hydrogen-bond donors (Lipinski definition) is 0. The minimum absolute atomic E-state index is 0.0690. The van der Waals surface area contributed by atoms with E-state index in [1.165, 1.54) is 30.1 Å². The SMILES string of the molecule is O=C1CSC(=S)N1/N=C\c1cc([N+](=O)[O-])c(Cl)cc1Cl. The number of hydrazone groups is 1. The van der Waals surface area contributed by atoms with Crippen LogP contribution in [0.15, 0.2) is 17.2 Å². The van der Waals surface area contributed by atoms with E-state index in [9.17, 15) is 14.9 Å². The Morgan fingerprint density at radius 1 is 1.45 bits per heavy atom. The van der Waals surface area contributed by atoms with Crippen LogP contribution in [-0.2, 0) is 4.79 Å². The van der Waals surface area contributed by atoms with Crippen molar-refractivity contribution in [3.05, 3.63) is 37.9 Å². The van der Waals surface area contributed by atoms with Crippen molar-refractivity contribution in [1.82, 2.24) is 5.01 Å². The maximum atomic E-state index is 11.5. The Morgan fingerprint density at radius 3 is 2.70 bits per heavy atom. The summed E-state index contributed by atoms with van der Waals surface area (Å²) in [5.74, 6) is -0.0270. The molecule has 1 heterocycles. The molecule has 0 saturated carbocycles. The highest BCUT2D eigenvalue weighted by Crippen LogP contribution is 2.30. The average molecular weight is 350 g/mol. The Labute approximate surface area is 132 Å². The van der Waals surface area contributed by atoms with Gasteiger partial charge < -0.3 is 0 Å². The summed E-state index contributed by atoms with van der Waals surface area (Å²) in [7, 11) is 0. The van der Waals surface area contributed by atoms with Gasteiger partial charge in [-0.2, -0.15) is 10.1 Å². The number of amides is 1. The quantitative estimate of drug-likeness (QED) is 0.362. The number of halogens is 2. The molecule has 1 aromatic rings. The van der Waals surface area contributed by atoms with Crippen molar-refractivity contribution in [3.63, 3.8) is 0 Å². The van der Waals surface area contributed by atoms with Gasteiger partial charge >= 0.3 is 0 Å². The third-order valence-corrected chi connectivity index (χ3v) is 4.27. The molecule has 6 nitrogen and oxygen atoms in total. The summed E-state index contributed by atoms with van der Waals surface area (Å²) < 4.78 is 0.325. The summed E-state index contributed by atoms with van der Waals surface area (Å²) in [6, 6.07) is 2.44. The number of carbonyl (C=O) groups is 1. The van der Waals surface area contributed by atoms with Gasteiger partial charge in [0.25, 0.3) is 11.6 Å². The summed E-state index contributed by atoms with van der Waals surface area (Å²) in [6.45, 7) is 0. The molecule has 0 unspecified atom stereocenters. The molecule has 1 aromatic carbocycles. The van der Waals surface area contributed by atoms with E-state index in [-0.39, 0.29) is 33.0 Å². The van der Waals surface area contributed by atoms with Gasteiger partial charge in [-0.25, -0.2) is 0 Å². The molecule has 0 aromatic heterocycles. The Morgan fingerprint density at radius 2 is 2.15 bits per heavy atom. The van der Waals surface area contributed by atoms with Gasteiger partial charge in [0, 0.05) is 11.6 Å². The molecule has 10 heteroatoms. The lowest BCUT2D eigenvalue weighted by atomic mass is 10.2. The van der Waals surface area contributed by atoms with Crippen LogP contribution in [0.2, 0.25) is 10.0 Å². The van der Waals surface area contributed by atoms with E-state index in [0.717, 1.165) is 5.01 Å². The van der Waals surface area contributed by atoms with E-state index >= 15 is 0 Å². The molecule has 20 heavy (non-hydrogen) atoms. The van der Waals surface area contributed by atoms with Crippen molar-refractivity contribution in [1.29, 1.82) is 0 Å². The number of rotatable bonds is 3. The summed E-state index contributed by atoms with van der Waals surface area (Å²) in [5, 5.41) is 15.9. The Balaban J connectivity index is 2.34. The highest BCUT2D eigenvalue weighted by Gasteiger charge is 2.26. The van der Waals surface area contributed by atoms with Crippen LogP contribution in [0.4, 0.5) is 5.69 Å². The third-order valence-electron chi connectivity index (χ3n) is 2.30. The number of carbonyl (C=O) groups excluding carboxylic acids is 1. The standard InChI is InChI=1S/C10H5Cl2N3O3S2/c11-6-2-7(12)8(15(17)18)1-5(6)3-13-14-9(16)4-20-10(14)19/h1-3H,4H2/b13-3-. The Kier molecular flexibility index (Phi) is 4.59. The fourth-order valence-electron chi connectivity index (χ4n) is 1.37. The van der Waals surface area contributed by atoms with Crippen LogP contribution in [0, 0.1) is 10.1 Å². The number of benzene rings is 1. The fourth-order valence-corrected chi connectivity index (χ4v) is 2.84. The fraction of sp³-hybridized carbons (Fsp3) is 0.100. The zero-order valence-corrected chi connectivity index (χ0v) is 12.7. The van der Waals surface area contributed by atoms with Gasteiger partial charge in [0.1, 0.15) is 5.02 Å². The molecular formula is C10H5Cl2N3O3S2. The average Bonchev–Trinajstić information content (AvgIpc) is 2.68. The van der Waals surface area contributed by atoms with Crippen LogP contribution in [0.5, 0.6) is 0 Å². The molecular weight excluding hydrogens is 345 g/mol. The second-order valence-corrected chi connectivity index (χ2v) is 6.01. The first-order chi connectivity index (χ1) is 9.40. The van der Waals surface area contributed by atoms with Crippen LogP contribution in [0.3, 0.4) is 0 Å². The second kappa shape index (κ2) is 6.04. The van der Waals surface area contributed by atoms with Crippen molar-refractivity contribution in [3.8, 4) is 0 Å². The van der Waals surface area contributed by atoms with Crippen molar-refractivity contribution >= 4 is 69.3 Å². The maximum absolute atomic E-state index is 11.5. The number of nitro benzene ring substituents is 1. The van der Waals surface area contributed by atoms with Gasteiger partial charge in [-0.3, -0.25) is 14.9 Å². The van der Waals surface area contributed by atoms with Crippen molar-refractivity contribution < 1.29 is 9.72 Å². The number of thioether (sulfide) groups is 1. The molecule has 1 aliphatic rings. The van der Waals surface area contributed by atoms with Crippen molar-refractivity contribution in [2.75, 3.05) is 5.75 Å². The molecule has 0 N–H and O–H groups in total. The predicted molar refractivity (Wildman–Crippen MR) is 82.6 cm³/mol. The smallest absolute Gasteiger partial charge is 0.272 e. The van der Waals surface area contributed by atoms with Gasteiger partial charge in [-0.15, -0.1) is 0 Å². The molecule has 2 rings (SSSR count). The van der Waals surface area contributed by atoms with E-state index in [0.29, 0.717) is 4.32 Å². The first-order valence-electron chi connectivity index (χ1n) is 5.07. The first kappa shape index (κ1) is 15.2. The normalized spacial score (nSPS) is 15.4. The molecule has 1 fully saturated rings. The van der Waals surface area contributed by atoms with E-state index in [4.69, 9.17) is 35.4 Å². The minimum atomic E-state index is -0.627. The molecule has 104 valence electrons. The largest absolute Gasteiger partial charge is 0.288 e. The van der Waals surface area contributed by atoms with Crippen LogP contribution in [0.1, 0.15) is 5.56 Å². The lowest BCUT2D eigenvalue weighted by Gasteiger charge is -2.07. The number of nitrogens with zero attached hydrogens (tertiary/aromatic N) is 3. The van der Waals surface area contributed by atoms with E-state index in [1.54, 1.807) is 0 Å². The zero-order chi connectivity index (χ0) is 14.9. The van der Waals surface area contributed by atoms with Crippen LogP contribution < -0.4 is 0 Å². The monoisotopic (exact) mass is 349 g/mol. The molecule has 0 bridgehead atoms. The maximum Gasteiger partial charge on any atom is 0.288 e. The highest BCUT2D eigenvalue weighted by molar-refractivity contribution is 8.23. The van der Waals surface area contributed by atoms with Gasteiger partial charge in [-0.05, 0) is 6.07 Å². The highest BCUT2D eigenvalue weighted by atomic mass is 35.5. The van der Waals surface area contributed by atoms with Crippen LogP contribution >= 0.6 is 47.2 Å². The predicted octanol–water partition coefficient (Wildman–Crippen LogP) is 3.10. The molecule has 0 atom stereocenters. The van der Waals surface area contributed by atoms with Crippen LogP contribution in [-0.4, -0.2) is 32.1 Å². The molecule has 0 aliphatic carbocycles. The van der Waals surface area contributed by atoms with Crippen molar-refractivity contribution in [2.24, 2.45) is 5.10 Å². The number of hydrogen-bond acceptors (Lipinski definition) is 6. The Hall–Kier alpha value is -1.22. The molecule has 1 amide bonds. The van der Waals surface area contributed by atoms with E-state index in [2.05, 4.69) is 5.10 Å². The minimum Gasteiger partial charge on any atom is -0.272 e. The molecule has 0 radical (unpaired) electrons. The van der Waals surface area contributed by atoms with E-state index in [1.807, 2.05) is 0 Å². The van der Waals surface area contributed by atoms with Crippen LogP contribution in [0.25, 0.3) is 0 Å². The van der Waals surface area contributed by atoms with Gasteiger partial charge in [-0.1, -0.05) is 47.2 Å². The second-order valence-electron chi connectivity index (χ2n) is 3.59. The summed E-state index contributed by atoms with van der Waals surface area (Å²) in [6.07, 6.45) is 1.24. The van der Waals surface area contributed by atoms with E-state index < -0.39 is 4.92 Å². The molecule has 1 saturated heterocycles. The van der Waals surface area contributed by atoms with Gasteiger partial charge in [0.05, 0.1) is 21.9 Å². The third kappa shape index (κ3) is 3.09. The number of thiocarbonyl (C=S) groups is 1. The molecule has 1 aliphatic heterocycles. The Bertz CT molecular complexity index is 635. The summed E-state index contributed by atoms with van der Waals surface area (Å²) in [4.78, 5) is 21.6. The lowest BCUT2D eigenvalue weighted by molar-refractivity contribution is -0.384. The summed E-state index contributed by atoms with van der Waals surface area (Å²) >= 11 is 17.8. The van der Waals surface area contributed by atoms with Gasteiger partial charge in [0.2, 0.25) is 0 Å². The lowest BCUT2D eigenvalue weighted by Crippen LogP contribution is -2.22. The first-order valence-corrected chi connectivity index (χ1v) is 7.22. The van der Waals surface area contributed by atoms with Crippen molar-refractivity contribution in [2.45, 2.75) is 0 Å².